The third kappa shape index (κ3) is 4.60. The van der Waals surface area contributed by atoms with Gasteiger partial charge in [0, 0.05) is 18.3 Å². The fourth-order valence-electron chi connectivity index (χ4n) is 4.43. The Kier molecular flexibility index (Phi) is 5.86. The minimum absolute atomic E-state index is 0.0384. The van der Waals surface area contributed by atoms with E-state index in [-0.39, 0.29) is 29.9 Å². The van der Waals surface area contributed by atoms with Gasteiger partial charge in [-0.15, -0.1) is 0 Å². The number of amides is 2. The highest BCUT2D eigenvalue weighted by atomic mass is 19.4. The van der Waals surface area contributed by atoms with E-state index in [9.17, 15) is 22.8 Å². The molecule has 186 valence electrons. The lowest BCUT2D eigenvalue weighted by Gasteiger charge is -2.19. The number of carbonyl (C=O) groups excluding carboxylic acids is 2. The minimum atomic E-state index is -4.45. The molecule has 1 aliphatic carbocycles. The Morgan fingerprint density at radius 2 is 1.69 bits per heavy atom. The first kappa shape index (κ1) is 23.7. The zero-order valence-corrected chi connectivity index (χ0v) is 19.4. The molecule has 0 unspecified atom stereocenters. The number of alkyl halides is 3. The molecule has 1 fully saturated rings. The maximum Gasteiger partial charge on any atom is 0.393 e. The summed E-state index contributed by atoms with van der Waals surface area (Å²) in [6.45, 7) is 0.104. The molecule has 1 aliphatic heterocycles. The molecule has 9 heteroatoms. The zero-order chi connectivity index (χ0) is 25.5. The molecule has 3 aromatic rings. The highest BCUT2D eigenvalue weighted by Gasteiger charge is 2.52. The molecule has 2 N–H and O–H groups in total. The predicted octanol–water partition coefficient (Wildman–Crippen LogP) is 5.22. The van der Waals surface area contributed by atoms with E-state index in [2.05, 4.69) is 10.6 Å². The van der Waals surface area contributed by atoms with E-state index < -0.39 is 18.0 Å². The van der Waals surface area contributed by atoms with Crippen LogP contribution in [-0.2, 0) is 16.6 Å². The molecule has 0 radical (unpaired) electrons. The van der Waals surface area contributed by atoms with Crippen molar-refractivity contribution < 1.29 is 32.2 Å². The number of fused-ring (bicyclic) bond motifs is 1. The Labute approximate surface area is 205 Å². The smallest absolute Gasteiger partial charge is 0.393 e. The summed E-state index contributed by atoms with van der Waals surface area (Å²) in [6.07, 6.45) is -4.49. The Bertz CT molecular complexity index is 1350. The molecule has 0 aromatic heterocycles. The van der Waals surface area contributed by atoms with Crippen LogP contribution in [0.2, 0.25) is 0 Å². The van der Waals surface area contributed by atoms with E-state index in [0.717, 1.165) is 5.56 Å². The molecule has 2 amide bonds. The van der Waals surface area contributed by atoms with Gasteiger partial charge in [0.05, 0.1) is 11.8 Å². The Morgan fingerprint density at radius 1 is 0.944 bits per heavy atom. The molecule has 2 aliphatic rings. The van der Waals surface area contributed by atoms with Crippen molar-refractivity contribution in [1.29, 1.82) is 0 Å². The molecular weight excluding hydrogens is 473 g/mol. The van der Waals surface area contributed by atoms with Crippen LogP contribution in [0.15, 0.2) is 60.7 Å². The molecule has 1 heterocycles. The van der Waals surface area contributed by atoms with Gasteiger partial charge in [0.2, 0.25) is 12.7 Å². The first-order chi connectivity index (χ1) is 17.2. The largest absolute Gasteiger partial charge is 0.454 e. The molecule has 0 saturated heterocycles. The number of halogens is 3. The van der Waals surface area contributed by atoms with Gasteiger partial charge in [-0.25, -0.2) is 0 Å². The van der Waals surface area contributed by atoms with Gasteiger partial charge in [-0.05, 0) is 65.4 Å². The van der Waals surface area contributed by atoms with E-state index in [4.69, 9.17) is 9.47 Å². The summed E-state index contributed by atoms with van der Waals surface area (Å²) in [5.41, 5.74) is 1.58. The second kappa shape index (κ2) is 8.89. The fourth-order valence-corrected chi connectivity index (χ4v) is 4.43. The summed E-state index contributed by atoms with van der Waals surface area (Å²) in [6, 6.07) is 16.5. The van der Waals surface area contributed by atoms with Crippen LogP contribution in [0.5, 0.6) is 11.5 Å². The number of ether oxygens (including phenoxy) is 2. The van der Waals surface area contributed by atoms with Crippen LogP contribution in [0.3, 0.4) is 0 Å². The molecule has 3 aromatic carbocycles. The van der Waals surface area contributed by atoms with Gasteiger partial charge in [-0.2, -0.15) is 13.2 Å². The van der Waals surface area contributed by atoms with E-state index in [1.807, 2.05) is 0 Å². The molecule has 36 heavy (non-hydrogen) atoms. The third-order valence-corrected chi connectivity index (χ3v) is 6.54. The maximum absolute atomic E-state index is 13.4. The second-order valence-corrected chi connectivity index (χ2v) is 8.93. The summed E-state index contributed by atoms with van der Waals surface area (Å²) >= 11 is 0. The van der Waals surface area contributed by atoms with Crippen LogP contribution in [-0.4, -0.2) is 31.8 Å². The third-order valence-electron chi connectivity index (χ3n) is 6.54. The fraction of sp³-hybridized carbons (Fsp3) is 0.259. The number of rotatable bonds is 6. The number of hydrogen-bond donors (Lipinski definition) is 2. The van der Waals surface area contributed by atoms with Gasteiger partial charge in [-0.3, -0.25) is 9.59 Å². The van der Waals surface area contributed by atoms with Crippen molar-refractivity contribution in [3.05, 3.63) is 77.4 Å². The van der Waals surface area contributed by atoms with Crippen molar-refractivity contribution in [3.8, 4) is 22.6 Å². The summed E-state index contributed by atoms with van der Waals surface area (Å²) in [7, 11) is 1.52. The second-order valence-electron chi connectivity index (χ2n) is 8.93. The molecule has 5 rings (SSSR count). The summed E-state index contributed by atoms with van der Waals surface area (Å²) in [5.74, 6) is 0.482. The Morgan fingerprint density at radius 3 is 2.42 bits per heavy atom. The summed E-state index contributed by atoms with van der Waals surface area (Å²) < 4.78 is 50.7. The lowest BCUT2D eigenvalue weighted by Crippen LogP contribution is -2.28. The first-order valence-corrected chi connectivity index (χ1v) is 11.4. The van der Waals surface area contributed by atoms with Crippen molar-refractivity contribution in [2.24, 2.45) is 0 Å². The monoisotopic (exact) mass is 496 g/mol. The van der Waals surface area contributed by atoms with Gasteiger partial charge < -0.3 is 20.1 Å². The normalized spacial score (nSPS) is 15.3. The van der Waals surface area contributed by atoms with E-state index >= 15 is 0 Å². The highest BCUT2D eigenvalue weighted by molar-refractivity contribution is 6.02. The average Bonchev–Trinajstić information content (AvgIpc) is 3.54. The van der Waals surface area contributed by atoms with Crippen LogP contribution in [0.4, 0.5) is 18.9 Å². The number of hydrogen-bond acceptors (Lipinski definition) is 4. The van der Waals surface area contributed by atoms with Gasteiger partial charge in [-0.1, -0.05) is 30.3 Å². The number of anilines is 1. The molecule has 6 nitrogen and oxygen atoms in total. The van der Waals surface area contributed by atoms with E-state index in [0.29, 0.717) is 41.0 Å². The lowest BCUT2D eigenvalue weighted by atomic mass is 9.93. The molecule has 0 bridgehead atoms. The summed E-state index contributed by atoms with van der Waals surface area (Å²) in [4.78, 5) is 25.5. The maximum atomic E-state index is 13.4. The number of nitrogens with one attached hydrogen (secondary N) is 2. The van der Waals surface area contributed by atoms with Gasteiger partial charge in [0.15, 0.2) is 11.5 Å². The SMILES string of the molecule is CNC(=O)c1cccc(-c2ccc(CC(F)(F)F)c(NC(=O)C3(c4ccc5c(c4)OCO5)CC3)c2)c1. The van der Waals surface area contributed by atoms with Crippen molar-refractivity contribution in [3.63, 3.8) is 0 Å². The van der Waals surface area contributed by atoms with Crippen LogP contribution in [0.1, 0.15) is 34.3 Å². The number of benzene rings is 3. The van der Waals surface area contributed by atoms with E-state index in [1.54, 1.807) is 48.5 Å². The van der Waals surface area contributed by atoms with E-state index in [1.165, 1.54) is 19.2 Å². The van der Waals surface area contributed by atoms with Gasteiger partial charge in [0.1, 0.15) is 0 Å². The molecular formula is C27H23F3N2O4. The van der Waals surface area contributed by atoms with Crippen LogP contribution >= 0.6 is 0 Å². The topological polar surface area (TPSA) is 76.7 Å². The van der Waals surface area contributed by atoms with Crippen molar-refractivity contribution >= 4 is 17.5 Å². The Balaban J connectivity index is 1.48. The molecule has 0 atom stereocenters. The van der Waals surface area contributed by atoms with Gasteiger partial charge >= 0.3 is 6.18 Å². The first-order valence-electron chi connectivity index (χ1n) is 11.4. The minimum Gasteiger partial charge on any atom is -0.454 e. The standard InChI is InChI=1S/C27H23F3N2O4/c1-31-24(33)18-4-2-3-16(11-18)17-5-6-19(14-27(28,29)30)21(12-17)32-25(34)26(9-10-26)20-7-8-22-23(13-20)36-15-35-22/h2-8,11-13H,9-10,14-15H2,1H3,(H,31,33)(H,32,34). The predicted molar refractivity (Wildman–Crippen MR) is 127 cm³/mol. The molecule has 1 saturated carbocycles. The van der Waals surface area contributed by atoms with Crippen LogP contribution in [0, 0.1) is 0 Å². The lowest BCUT2D eigenvalue weighted by molar-refractivity contribution is -0.127. The number of carbonyl (C=O) groups is 2. The Hall–Kier alpha value is -4.01. The van der Waals surface area contributed by atoms with Crippen LogP contribution in [0.25, 0.3) is 11.1 Å². The summed E-state index contributed by atoms with van der Waals surface area (Å²) in [5, 5.41) is 5.32. The highest BCUT2D eigenvalue weighted by Crippen LogP contribution is 2.51. The quantitative estimate of drug-likeness (QED) is 0.491. The van der Waals surface area contributed by atoms with Gasteiger partial charge in [0.25, 0.3) is 5.91 Å². The van der Waals surface area contributed by atoms with Crippen molar-refractivity contribution in [2.75, 3.05) is 19.2 Å². The van der Waals surface area contributed by atoms with Crippen molar-refractivity contribution in [1.82, 2.24) is 5.32 Å². The molecule has 0 spiro atoms. The van der Waals surface area contributed by atoms with Crippen molar-refractivity contribution in [2.45, 2.75) is 30.9 Å². The zero-order valence-electron chi connectivity index (χ0n) is 19.4. The van der Waals surface area contributed by atoms with Crippen LogP contribution < -0.4 is 20.1 Å². The average molecular weight is 496 g/mol.